The van der Waals surface area contributed by atoms with Crippen LogP contribution in [0.2, 0.25) is 0 Å². The van der Waals surface area contributed by atoms with Gasteiger partial charge in [0.25, 0.3) is 0 Å². The second-order valence-electron chi connectivity index (χ2n) is 5.90. The molecule has 1 heterocycles. The van der Waals surface area contributed by atoms with Crippen molar-refractivity contribution in [2.45, 2.75) is 45.6 Å². The van der Waals surface area contributed by atoms with Gasteiger partial charge in [0.15, 0.2) is 0 Å². The molecule has 0 spiro atoms. The number of thioether (sulfide) groups is 1. The standard InChI is InChI=1S/C15H30N2OS/c1-12(14-5-8-16-9-6-14)11-15(18)17(3)13(2)7-10-19-4/h12-14,16H,5-11H2,1-4H3. The summed E-state index contributed by atoms with van der Waals surface area (Å²) in [6, 6.07) is 0.361. The van der Waals surface area contributed by atoms with Gasteiger partial charge in [0.1, 0.15) is 0 Å². The fourth-order valence-corrected chi connectivity index (χ4v) is 3.30. The molecule has 19 heavy (non-hydrogen) atoms. The molecule has 1 rings (SSSR count). The molecule has 0 aromatic carbocycles. The molecule has 2 atom stereocenters. The van der Waals surface area contributed by atoms with Gasteiger partial charge in [-0.1, -0.05) is 6.92 Å². The first-order valence-electron chi connectivity index (χ1n) is 7.51. The van der Waals surface area contributed by atoms with Crippen LogP contribution in [-0.4, -0.2) is 49.0 Å². The molecule has 2 unspecified atom stereocenters. The van der Waals surface area contributed by atoms with Crippen LogP contribution in [0.25, 0.3) is 0 Å². The van der Waals surface area contributed by atoms with Crippen molar-refractivity contribution in [2.24, 2.45) is 11.8 Å². The first kappa shape index (κ1) is 16.8. The van der Waals surface area contributed by atoms with E-state index in [0.29, 0.717) is 24.3 Å². The van der Waals surface area contributed by atoms with Crippen LogP contribution in [0, 0.1) is 11.8 Å². The summed E-state index contributed by atoms with van der Waals surface area (Å²) in [5.74, 6) is 2.69. The van der Waals surface area contributed by atoms with Crippen LogP contribution in [0.4, 0.5) is 0 Å². The maximum absolute atomic E-state index is 12.3. The predicted molar refractivity (Wildman–Crippen MR) is 84.6 cm³/mol. The number of rotatable bonds is 7. The quantitative estimate of drug-likeness (QED) is 0.781. The summed E-state index contributed by atoms with van der Waals surface area (Å²) in [6.07, 6.45) is 6.37. The summed E-state index contributed by atoms with van der Waals surface area (Å²) in [7, 11) is 1.96. The highest BCUT2D eigenvalue weighted by Gasteiger charge is 2.24. The van der Waals surface area contributed by atoms with Crippen molar-refractivity contribution < 1.29 is 4.79 Å². The van der Waals surface area contributed by atoms with Crippen LogP contribution in [-0.2, 0) is 4.79 Å². The average molecular weight is 286 g/mol. The molecule has 1 aliphatic rings. The van der Waals surface area contributed by atoms with E-state index >= 15 is 0 Å². The molecule has 1 saturated heterocycles. The van der Waals surface area contributed by atoms with E-state index in [4.69, 9.17) is 0 Å². The van der Waals surface area contributed by atoms with Crippen molar-refractivity contribution in [3.8, 4) is 0 Å². The number of hydrogen-bond donors (Lipinski definition) is 1. The second kappa shape index (κ2) is 8.85. The summed E-state index contributed by atoms with van der Waals surface area (Å²) in [4.78, 5) is 14.3. The smallest absolute Gasteiger partial charge is 0.222 e. The second-order valence-corrected chi connectivity index (χ2v) is 6.89. The Kier molecular flexibility index (Phi) is 7.84. The lowest BCUT2D eigenvalue weighted by Crippen LogP contribution is -2.38. The van der Waals surface area contributed by atoms with Crippen LogP contribution < -0.4 is 5.32 Å². The zero-order valence-electron chi connectivity index (χ0n) is 12.9. The molecule has 0 aromatic heterocycles. The molecule has 0 radical (unpaired) electrons. The minimum Gasteiger partial charge on any atom is -0.343 e. The van der Waals surface area contributed by atoms with E-state index < -0.39 is 0 Å². The molecule has 3 nitrogen and oxygen atoms in total. The summed E-state index contributed by atoms with van der Waals surface area (Å²) >= 11 is 1.85. The fraction of sp³-hybridized carbons (Fsp3) is 0.933. The SMILES string of the molecule is CSCCC(C)N(C)C(=O)CC(C)C1CCNCC1. The lowest BCUT2D eigenvalue weighted by atomic mass is 9.84. The van der Waals surface area contributed by atoms with Gasteiger partial charge in [-0.05, 0) is 63.1 Å². The van der Waals surface area contributed by atoms with Crippen molar-refractivity contribution in [3.63, 3.8) is 0 Å². The van der Waals surface area contributed by atoms with E-state index in [2.05, 4.69) is 25.4 Å². The Labute approximate surface area is 122 Å². The maximum Gasteiger partial charge on any atom is 0.222 e. The predicted octanol–water partition coefficient (Wildman–Crippen LogP) is 2.61. The molecule has 1 fully saturated rings. The van der Waals surface area contributed by atoms with E-state index in [0.717, 1.165) is 31.2 Å². The van der Waals surface area contributed by atoms with Crippen molar-refractivity contribution in [3.05, 3.63) is 0 Å². The van der Waals surface area contributed by atoms with Gasteiger partial charge in [0.05, 0.1) is 0 Å². The number of amides is 1. The lowest BCUT2D eigenvalue weighted by molar-refractivity contribution is -0.133. The highest BCUT2D eigenvalue weighted by atomic mass is 32.2. The fourth-order valence-electron chi connectivity index (χ4n) is 2.73. The molecule has 0 saturated carbocycles. The minimum atomic E-state index is 0.319. The van der Waals surface area contributed by atoms with Crippen LogP contribution in [0.5, 0.6) is 0 Å². The third-order valence-electron chi connectivity index (χ3n) is 4.48. The summed E-state index contributed by atoms with van der Waals surface area (Å²) in [5, 5.41) is 3.39. The van der Waals surface area contributed by atoms with Gasteiger partial charge in [-0.2, -0.15) is 11.8 Å². The lowest BCUT2D eigenvalue weighted by Gasteiger charge is -2.31. The number of hydrogen-bond acceptors (Lipinski definition) is 3. The Morgan fingerprint density at radius 1 is 1.37 bits per heavy atom. The third-order valence-corrected chi connectivity index (χ3v) is 5.12. The Morgan fingerprint density at radius 3 is 2.58 bits per heavy atom. The maximum atomic E-state index is 12.3. The number of carbonyl (C=O) groups excluding carboxylic acids is 1. The normalized spacial score (nSPS) is 20.0. The number of carbonyl (C=O) groups is 1. The van der Waals surface area contributed by atoms with Gasteiger partial charge in [-0.3, -0.25) is 4.79 Å². The van der Waals surface area contributed by atoms with Crippen LogP contribution in [0.15, 0.2) is 0 Å². The monoisotopic (exact) mass is 286 g/mol. The minimum absolute atomic E-state index is 0.319. The summed E-state index contributed by atoms with van der Waals surface area (Å²) < 4.78 is 0. The summed E-state index contributed by atoms with van der Waals surface area (Å²) in [5.41, 5.74) is 0. The largest absolute Gasteiger partial charge is 0.343 e. The third kappa shape index (κ3) is 5.74. The molecule has 0 aliphatic carbocycles. The van der Waals surface area contributed by atoms with Crippen LogP contribution in [0.3, 0.4) is 0 Å². The van der Waals surface area contributed by atoms with E-state index in [9.17, 15) is 4.79 Å². The molecule has 0 aromatic rings. The van der Waals surface area contributed by atoms with Crippen molar-refractivity contribution in [1.82, 2.24) is 10.2 Å². The summed E-state index contributed by atoms with van der Waals surface area (Å²) in [6.45, 7) is 6.63. The first-order valence-corrected chi connectivity index (χ1v) is 8.91. The zero-order valence-corrected chi connectivity index (χ0v) is 13.8. The van der Waals surface area contributed by atoms with Crippen molar-refractivity contribution >= 4 is 17.7 Å². The molecule has 0 bridgehead atoms. The zero-order chi connectivity index (χ0) is 14.3. The molecule has 4 heteroatoms. The van der Waals surface area contributed by atoms with Crippen LogP contribution in [0.1, 0.15) is 39.5 Å². The van der Waals surface area contributed by atoms with E-state index in [-0.39, 0.29) is 0 Å². The van der Waals surface area contributed by atoms with Crippen molar-refractivity contribution in [2.75, 3.05) is 32.1 Å². The topological polar surface area (TPSA) is 32.3 Å². The Balaban J connectivity index is 2.35. The van der Waals surface area contributed by atoms with E-state index in [1.54, 1.807) is 0 Å². The van der Waals surface area contributed by atoms with Gasteiger partial charge >= 0.3 is 0 Å². The van der Waals surface area contributed by atoms with Gasteiger partial charge in [-0.25, -0.2) is 0 Å². The average Bonchev–Trinajstić information content (AvgIpc) is 2.44. The Bertz CT molecular complexity index is 267. The van der Waals surface area contributed by atoms with Gasteiger partial charge in [0.2, 0.25) is 5.91 Å². The van der Waals surface area contributed by atoms with Gasteiger partial charge in [0, 0.05) is 19.5 Å². The molecule has 1 aliphatic heterocycles. The van der Waals surface area contributed by atoms with E-state index in [1.807, 2.05) is 23.7 Å². The first-order chi connectivity index (χ1) is 9.06. The highest BCUT2D eigenvalue weighted by Crippen LogP contribution is 2.25. The molecule has 1 N–H and O–H groups in total. The van der Waals surface area contributed by atoms with Gasteiger partial charge < -0.3 is 10.2 Å². The number of piperidine rings is 1. The van der Waals surface area contributed by atoms with E-state index in [1.165, 1.54) is 12.8 Å². The van der Waals surface area contributed by atoms with Crippen LogP contribution >= 0.6 is 11.8 Å². The number of nitrogens with zero attached hydrogens (tertiary/aromatic N) is 1. The number of nitrogens with one attached hydrogen (secondary N) is 1. The Morgan fingerprint density at radius 2 is 2.00 bits per heavy atom. The highest BCUT2D eigenvalue weighted by molar-refractivity contribution is 7.98. The van der Waals surface area contributed by atoms with Crippen molar-refractivity contribution in [1.29, 1.82) is 0 Å². The van der Waals surface area contributed by atoms with Gasteiger partial charge in [-0.15, -0.1) is 0 Å². The molecule has 112 valence electrons. The molecular formula is C15H30N2OS. The molecular weight excluding hydrogens is 256 g/mol. The Hall–Kier alpha value is -0.220. The molecule has 1 amide bonds.